The lowest BCUT2D eigenvalue weighted by Crippen LogP contribution is -3.00. The standard InChI is InChI=1S/C20H34NO.HI/c1-4-21(14-9-6-10-15-21)16-13-19(22)20(17(2)3)18-11-7-5-8-12-18;/h5,7-8,11-12,17,19-20,22H,4,6,9-10,13-16H2,1-3H3;1H/q+1;/p-1. The Bertz CT molecular complexity index is 429. The molecule has 1 N–H and O–H groups in total. The van der Waals surface area contributed by atoms with Gasteiger partial charge in [-0.3, -0.25) is 0 Å². The van der Waals surface area contributed by atoms with Gasteiger partial charge in [0.05, 0.1) is 32.3 Å². The maximum atomic E-state index is 10.9. The van der Waals surface area contributed by atoms with Crippen LogP contribution in [0.4, 0.5) is 0 Å². The van der Waals surface area contributed by atoms with Gasteiger partial charge in [0.15, 0.2) is 0 Å². The highest BCUT2D eigenvalue weighted by Crippen LogP contribution is 2.30. The molecule has 0 spiro atoms. The number of quaternary nitrogens is 1. The second-order valence-corrected chi connectivity index (χ2v) is 7.43. The molecule has 1 aromatic carbocycles. The number of nitrogens with zero attached hydrogens (tertiary/aromatic N) is 1. The molecule has 1 fully saturated rings. The fourth-order valence-corrected chi connectivity index (χ4v) is 4.19. The maximum Gasteiger partial charge on any atom is 0.0811 e. The summed E-state index contributed by atoms with van der Waals surface area (Å²) in [5.74, 6) is 0.719. The van der Waals surface area contributed by atoms with Gasteiger partial charge in [-0.2, -0.15) is 0 Å². The third kappa shape index (κ3) is 5.71. The van der Waals surface area contributed by atoms with Gasteiger partial charge in [0.1, 0.15) is 0 Å². The van der Waals surface area contributed by atoms with E-state index < -0.39 is 0 Å². The van der Waals surface area contributed by atoms with E-state index in [-0.39, 0.29) is 36.0 Å². The summed E-state index contributed by atoms with van der Waals surface area (Å²) in [5.41, 5.74) is 1.28. The predicted octanol–water partition coefficient (Wildman–Crippen LogP) is 1.20. The van der Waals surface area contributed by atoms with Gasteiger partial charge in [-0.05, 0) is 37.7 Å². The molecule has 2 atom stereocenters. The Balaban J connectivity index is 0.00000264. The minimum atomic E-state index is -0.231. The molecule has 0 aromatic heterocycles. The van der Waals surface area contributed by atoms with Gasteiger partial charge >= 0.3 is 0 Å². The van der Waals surface area contributed by atoms with Crippen LogP contribution in [-0.2, 0) is 0 Å². The van der Waals surface area contributed by atoms with Crippen molar-refractivity contribution in [1.82, 2.24) is 0 Å². The number of hydrogen-bond acceptors (Lipinski definition) is 1. The van der Waals surface area contributed by atoms with Crippen LogP contribution in [0.1, 0.15) is 57.9 Å². The molecule has 3 heteroatoms. The lowest BCUT2D eigenvalue weighted by atomic mass is 9.82. The van der Waals surface area contributed by atoms with Crippen molar-refractivity contribution in [3.8, 4) is 0 Å². The molecule has 1 aromatic rings. The summed E-state index contributed by atoms with van der Waals surface area (Å²) >= 11 is 0. The number of halogens is 1. The molecular weight excluding hydrogens is 397 g/mol. The minimum Gasteiger partial charge on any atom is -1.00 e. The predicted molar refractivity (Wildman–Crippen MR) is 93.9 cm³/mol. The first-order chi connectivity index (χ1) is 10.6. The number of aliphatic hydroxyl groups excluding tert-OH is 1. The molecule has 1 heterocycles. The summed E-state index contributed by atoms with van der Waals surface area (Å²) in [6, 6.07) is 10.6. The van der Waals surface area contributed by atoms with Gasteiger partial charge < -0.3 is 33.6 Å². The molecule has 2 unspecified atom stereocenters. The van der Waals surface area contributed by atoms with Crippen LogP contribution in [-0.4, -0.2) is 41.9 Å². The molecule has 1 saturated heterocycles. The summed E-state index contributed by atoms with van der Waals surface area (Å²) in [6.45, 7) is 11.7. The topological polar surface area (TPSA) is 20.2 Å². The van der Waals surface area contributed by atoms with E-state index in [2.05, 4.69) is 51.1 Å². The summed E-state index contributed by atoms with van der Waals surface area (Å²) in [6.07, 6.45) is 4.80. The number of rotatable bonds is 7. The second-order valence-electron chi connectivity index (χ2n) is 7.43. The number of likely N-dealkylation sites (tertiary alicyclic amines) is 1. The van der Waals surface area contributed by atoms with Crippen LogP contribution in [0.5, 0.6) is 0 Å². The summed E-state index contributed by atoms with van der Waals surface area (Å²) < 4.78 is 1.22. The molecule has 0 amide bonds. The number of hydrogen-bond donors (Lipinski definition) is 1. The SMILES string of the molecule is CC[N+]1(CCC(O)C(c2ccccc2)C(C)C)CCCCC1.[I-]. The molecule has 132 valence electrons. The van der Waals surface area contributed by atoms with Crippen molar-refractivity contribution in [2.75, 3.05) is 26.2 Å². The first kappa shape index (κ1) is 20.9. The third-order valence-electron chi connectivity index (χ3n) is 5.65. The fourth-order valence-electron chi connectivity index (χ4n) is 4.19. The van der Waals surface area contributed by atoms with Crippen LogP contribution >= 0.6 is 0 Å². The second kappa shape index (κ2) is 10.00. The lowest BCUT2D eigenvalue weighted by Gasteiger charge is -2.42. The van der Waals surface area contributed by atoms with Crippen LogP contribution < -0.4 is 24.0 Å². The summed E-state index contributed by atoms with van der Waals surface area (Å²) in [5, 5.41) is 10.9. The molecule has 1 aliphatic heterocycles. The Hall–Kier alpha value is -0.130. The van der Waals surface area contributed by atoms with Crippen molar-refractivity contribution in [3.63, 3.8) is 0 Å². The van der Waals surface area contributed by atoms with Gasteiger partial charge in [0.2, 0.25) is 0 Å². The van der Waals surface area contributed by atoms with Crippen molar-refractivity contribution >= 4 is 0 Å². The van der Waals surface area contributed by atoms with Gasteiger partial charge in [-0.15, -0.1) is 0 Å². The van der Waals surface area contributed by atoms with Gasteiger partial charge in [0, 0.05) is 12.3 Å². The first-order valence-electron chi connectivity index (χ1n) is 9.16. The monoisotopic (exact) mass is 431 g/mol. The van der Waals surface area contributed by atoms with E-state index in [0.29, 0.717) is 5.92 Å². The Morgan fingerprint density at radius 1 is 1.04 bits per heavy atom. The van der Waals surface area contributed by atoms with Gasteiger partial charge in [-0.25, -0.2) is 0 Å². The van der Waals surface area contributed by atoms with Crippen LogP contribution in [0.25, 0.3) is 0 Å². The fraction of sp³-hybridized carbons (Fsp3) is 0.700. The van der Waals surface area contributed by atoms with Crippen molar-refractivity contribution in [2.45, 2.75) is 58.5 Å². The van der Waals surface area contributed by atoms with Crippen LogP contribution in [0, 0.1) is 5.92 Å². The third-order valence-corrected chi connectivity index (χ3v) is 5.65. The minimum absolute atomic E-state index is 0. The zero-order valence-electron chi connectivity index (χ0n) is 15.0. The average molecular weight is 431 g/mol. The van der Waals surface area contributed by atoms with E-state index in [4.69, 9.17) is 0 Å². The summed E-state index contributed by atoms with van der Waals surface area (Å²) in [7, 11) is 0. The molecular formula is C20H34INO. The number of benzene rings is 1. The van der Waals surface area contributed by atoms with Gasteiger partial charge in [0.25, 0.3) is 0 Å². The van der Waals surface area contributed by atoms with Crippen LogP contribution in [0.15, 0.2) is 30.3 Å². The van der Waals surface area contributed by atoms with Crippen molar-refractivity contribution in [1.29, 1.82) is 0 Å². The van der Waals surface area contributed by atoms with Gasteiger partial charge in [-0.1, -0.05) is 44.2 Å². The maximum absolute atomic E-state index is 10.9. The molecule has 2 nitrogen and oxygen atoms in total. The van der Waals surface area contributed by atoms with Crippen molar-refractivity contribution < 1.29 is 33.6 Å². The van der Waals surface area contributed by atoms with E-state index in [1.165, 1.54) is 48.9 Å². The number of aliphatic hydroxyl groups is 1. The highest BCUT2D eigenvalue weighted by Gasteiger charge is 2.31. The highest BCUT2D eigenvalue weighted by atomic mass is 127. The normalized spacial score (nSPS) is 19.9. The van der Waals surface area contributed by atoms with Crippen LogP contribution in [0.3, 0.4) is 0 Å². The number of piperidine rings is 1. The zero-order chi connectivity index (χ0) is 16.0. The Morgan fingerprint density at radius 3 is 2.17 bits per heavy atom. The molecule has 0 bridgehead atoms. The van der Waals surface area contributed by atoms with E-state index in [1.54, 1.807) is 0 Å². The van der Waals surface area contributed by atoms with Crippen molar-refractivity contribution in [3.05, 3.63) is 35.9 Å². The average Bonchev–Trinajstić information content (AvgIpc) is 2.55. The quantitative estimate of drug-likeness (QED) is 0.508. The summed E-state index contributed by atoms with van der Waals surface area (Å²) in [4.78, 5) is 0. The van der Waals surface area contributed by atoms with E-state index >= 15 is 0 Å². The molecule has 0 radical (unpaired) electrons. The Morgan fingerprint density at radius 2 is 1.65 bits per heavy atom. The van der Waals surface area contributed by atoms with E-state index in [1.807, 2.05) is 0 Å². The Labute approximate surface area is 159 Å². The smallest absolute Gasteiger partial charge is 0.0811 e. The van der Waals surface area contributed by atoms with E-state index in [9.17, 15) is 5.11 Å². The molecule has 23 heavy (non-hydrogen) atoms. The molecule has 1 aliphatic rings. The first-order valence-corrected chi connectivity index (χ1v) is 9.16. The largest absolute Gasteiger partial charge is 1.00 e. The zero-order valence-corrected chi connectivity index (χ0v) is 17.2. The lowest BCUT2D eigenvalue weighted by molar-refractivity contribution is -0.931. The highest BCUT2D eigenvalue weighted by molar-refractivity contribution is 5.21. The Kier molecular flexibility index (Phi) is 9.09. The van der Waals surface area contributed by atoms with Crippen molar-refractivity contribution in [2.24, 2.45) is 5.92 Å². The molecule has 0 saturated carbocycles. The van der Waals surface area contributed by atoms with E-state index in [0.717, 1.165) is 13.0 Å². The molecule has 0 aliphatic carbocycles. The van der Waals surface area contributed by atoms with Crippen LogP contribution in [0.2, 0.25) is 0 Å². The molecule has 2 rings (SSSR count).